The summed E-state index contributed by atoms with van der Waals surface area (Å²) >= 11 is 1.52. The number of aromatic nitrogens is 1. The minimum Gasteiger partial charge on any atom is -0.309 e. The Balaban J connectivity index is 1.58. The van der Waals surface area contributed by atoms with E-state index in [1.54, 1.807) is 35.2 Å². The summed E-state index contributed by atoms with van der Waals surface area (Å²) in [5.74, 6) is -0.428. The molecule has 1 saturated heterocycles. The highest BCUT2D eigenvalue weighted by Gasteiger charge is 2.36. The lowest BCUT2D eigenvalue weighted by atomic mass is 9.98. The number of hydrogen-bond donors (Lipinski definition) is 0. The first-order chi connectivity index (χ1) is 16.3. The van der Waals surface area contributed by atoms with Gasteiger partial charge in [0.2, 0.25) is 15.9 Å². The lowest BCUT2D eigenvalue weighted by molar-refractivity contribution is -0.123. The van der Waals surface area contributed by atoms with Crippen molar-refractivity contribution < 1.29 is 13.2 Å². The second-order valence-electron chi connectivity index (χ2n) is 9.13. The third-order valence-corrected chi connectivity index (χ3v) is 9.05. The van der Waals surface area contributed by atoms with Gasteiger partial charge in [0, 0.05) is 19.6 Å². The number of anilines is 1. The molecule has 1 unspecified atom stereocenters. The molecule has 0 saturated carbocycles. The number of fused-ring (bicyclic) bond motifs is 1. The number of benzene rings is 2. The van der Waals surface area contributed by atoms with Crippen molar-refractivity contribution in [3.8, 4) is 0 Å². The van der Waals surface area contributed by atoms with Crippen LogP contribution < -0.4 is 4.90 Å². The summed E-state index contributed by atoms with van der Waals surface area (Å²) in [5, 5.41) is 0.687. The molecular formula is C25H32N4O3S2. The first kappa shape index (κ1) is 24.8. The molecule has 3 aromatic rings. The summed E-state index contributed by atoms with van der Waals surface area (Å²) in [6.07, 6.45) is 2.15. The molecule has 1 fully saturated rings. The van der Waals surface area contributed by atoms with E-state index >= 15 is 0 Å². The Bertz CT molecular complexity index is 1240. The zero-order chi connectivity index (χ0) is 24.3. The van der Waals surface area contributed by atoms with Gasteiger partial charge in [-0.1, -0.05) is 35.6 Å². The van der Waals surface area contributed by atoms with E-state index in [4.69, 9.17) is 4.98 Å². The molecule has 0 spiro atoms. The zero-order valence-corrected chi connectivity index (χ0v) is 21.6. The van der Waals surface area contributed by atoms with E-state index < -0.39 is 10.0 Å². The molecule has 4 rings (SSSR count). The number of nitrogens with zero attached hydrogens (tertiary/aromatic N) is 4. The Labute approximate surface area is 206 Å². The van der Waals surface area contributed by atoms with Crippen LogP contribution >= 0.6 is 11.3 Å². The number of rotatable bonds is 8. The third-order valence-electron chi connectivity index (χ3n) is 6.13. The SMILES string of the molecule is Cc1ccc2nc(N(CCCN(C)C)C(=O)C3CCCN(S(=O)(=O)c4ccccc4)C3)sc2c1. The Morgan fingerprint density at radius 3 is 2.65 bits per heavy atom. The van der Waals surface area contributed by atoms with Crippen molar-refractivity contribution in [3.63, 3.8) is 0 Å². The van der Waals surface area contributed by atoms with Gasteiger partial charge in [-0.15, -0.1) is 0 Å². The second kappa shape index (κ2) is 10.5. The predicted molar refractivity (Wildman–Crippen MR) is 138 cm³/mol. The van der Waals surface area contributed by atoms with Gasteiger partial charge in [-0.3, -0.25) is 9.69 Å². The van der Waals surface area contributed by atoms with Gasteiger partial charge in [0.05, 0.1) is 21.0 Å². The number of carbonyl (C=O) groups is 1. The van der Waals surface area contributed by atoms with Crippen molar-refractivity contribution >= 4 is 42.6 Å². The van der Waals surface area contributed by atoms with E-state index in [2.05, 4.69) is 11.0 Å². The fraction of sp³-hybridized carbons (Fsp3) is 0.440. The molecule has 34 heavy (non-hydrogen) atoms. The van der Waals surface area contributed by atoms with Gasteiger partial charge in [0.1, 0.15) is 0 Å². The molecule has 2 heterocycles. The van der Waals surface area contributed by atoms with E-state index in [0.717, 1.165) is 28.7 Å². The number of piperidine rings is 1. The molecule has 182 valence electrons. The van der Waals surface area contributed by atoms with Crippen LogP contribution in [0.25, 0.3) is 10.2 Å². The highest BCUT2D eigenvalue weighted by atomic mass is 32.2. The summed E-state index contributed by atoms with van der Waals surface area (Å²) in [6, 6.07) is 14.6. The van der Waals surface area contributed by atoms with Crippen molar-refractivity contribution in [2.75, 3.05) is 45.2 Å². The Morgan fingerprint density at radius 1 is 1.15 bits per heavy atom. The van der Waals surface area contributed by atoms with E-state index in [0.29, 0.717) is 31.1 Å². The molecule has 1 aliphatic rings. The zero-order valence-electron chi connectivity index (χ0n) is 20.0. The summed E-state index contributed by atoms with van der Waals surface area (Å²) in [5.41, 5.74) is 2.04. The maximum absolute atomic E-state index is 13.8. The summed E-state index contributed by atoms with van der Waals surface area (Å²) in [6.45, 7) is 4.08. The van der Waals surface area contributed by atoms with Crippen LogP contribution in [-0.4, -0.2) is 68.8 Å². The lowest BCUT2D eigenvalue weighted by Gasteiger charge is -2.33. The van der Waals surface area contributed by atoms with Crippen LogP contribution in [0.5, 0.6) is 0 Å². The van der Waals surface area contributed by atoms with Crippen molar-refractivity contribution in [1.29, 1.82) is 0 Å². The van der Waals surface area contributed by atoms with Crippen LogP contribution in [0.3, 0.4) is 0 Å². The third kappa shape index (κ3) is 5.49. The van der Waals surface area contributed by atoms with Gasteiger partial charge in [0.15, 0.2) is 5.13 Å². The molecule has 1 amide bonds. The van der Waals surface area contributed by atoms with Gasteiger partial charge in [-0.05, 0) is 76.7 Å². The van der Waals surface area contributed by atoms with Gasteiger partial charge in [0.25, 0.3) is 0 Å². The highest BCUT2D eigenvalue weighted by Crippen LogP contribution is 2.32. The van der Waals surface area contributed by atoms with Crippen molar-refractivity contribution in [1.82, 2.24) is 14.2 Å². The summed E-state index contributed by atoms with van der Waals surface area (Å²) < 4.78 is 28.9. The van der Waals surface area contributed by atoms with Crippen LogP contribution in [0.4, 0.5) is 5.13 Å². The first-order valence-electron chi connectivity index (χ1n) is 11.6. The quantitative estimate of drug-likeness (QED) is 0.468. The van der Waals surface area contributed by atoms with Gasteiger partial charge < -0.3 is 4.90 Å². The van der Waals surface area contributed by atoms with Crippen molar-refractivity contribution in [2.24, 2.45) is 5.92 Å². The molecule has 1 aromatic heterocycles. The number of amides is 1. The minimum atomic E-state index is -3.63. The Kier molecular flexibility index (Phi) is 7.67. The fourth-order valence-corrected chi connectivity index (χ4v) is 6.94. The van der Waals surface area contributed by atoms with Gasteiger partial charge >= 0.3 is 0 Å². The molecule has 7 nitrogen and oxygen atoms in total. The maximum Gasteiger partial charge on any atom is 0.243 e. The Morgan fingerprint density at radius 2 is 1.91 bits per heavy atom. The standard InChI is InChI=1S/C25H32N4O3S2/c1-19-12-13-22-23(17-19)33-25(26-22)29(16-8-14-27(2)3)24(30)20-9-7-15-28(18-20)34(31,32)21-10-5-4-6-11-21/h4-6,10-13,17,20H,7-9,14-16,18H2,1-3H3. The van der Waals surface area contributed by atoms with Crippen LogP contribution in [0.15, 0.2) is 53.4 Å². The van der Waals surface area contributed by atoms with Crippen molar-refractivity contribution in [3.05, 3.63) is 54.1 Å². The van der Waals surface area contributed by atoms with E-state index in [9.17, 15) is 13.2 Å². The number of thiazole rings is 1. The maximum atomic E-state index is 13.8. The number of hydrogen-bond acceptors (Lipinski definition) is 6. The average Bonchev–Trinajstić information content (AvgIpc) is 3.24. The molecule has 1 aliphatic heterocycles. The highest BCUT2D eigenvalue weighted by molar-refractivity contribution is 7.89. The molecular weight excluding hydrogens is 468 g/mol. The number of carbonyl (C=O) groups excluding carboxylic acids is 1. The van der Waals surface area contributed by atoms with E-state index in [1.165, 1.54) is 15.6 Å². The normalized spacial score (nSPS) is 17.4. The lowest BCUT2D eigenvalue weighted by Crippen LogP contribution is -2.47. The molecule has 9 heteroatoms. The molecule has 0 aliphatic carbocycles. The first-order valence-corrected chi connectivity index (χ1v) is 13.9. The molecule has 0 radical (unpaired) electrons. The molecule has 0 bridgehead atoms. The minimum absolute atomic E-state index is 0.0394. The van der Waals surface area contributed by atoms with E-state index in [-0.39, 0.29) is 23.3 Å². The van der Waals surface area contributed by atoms with Crippen LogP contribution in [0, 0.1) is 12.8 Å². The van der Waals surface area contributed by atoms with Gasteiger partial charge in [-0.2, -0.15) is 4.31 Å². The topological polar surface area (TPSA) is 73.8 Å². The summed E-state index contributed by atoms with van der Waals surface area (Å²) in [4.78, 5) is 22.7. The van der Waals surface area contributed by atoms with Gasteiger partial charge in [-0.25, -0.2) is 13.4 Å². The summed E-state index contributed by atoms with van der Waals surface area (Å²) in [7, 11) is 0.399. The smallest absolute Gasteiger partial charge is 0.243 e. The second-order valence-corrected chi connectivity index (χ2v) is 12.1. The number of sulfonamides is 1. The van der Waals surface area contributed by atoms with E-state index in [1.807, 2.05) is 33.2 Å². The molecule has 2 aromatic carbocycles. The largest absolute Gasteiger partial charge is 0.309 e. The molecule has 1 atom stereocenters. The van der Waals surface area contributed by atoms with Crippen LogP contribution in [0.2, 0.25) is 0 Å². The van der Waals surface area contributed by atoms with Crippen LogP contribution in [0.1, 0.15) is 24.8 Å². The fourth-order valence-electron chi connectivity index (χ4n) is 4.30. The monoisotopic (exact) mass is 500 g/mol. The Hall–Kier alpha value is -2.33. The average molecular weight is 501 g/mol. The predicted octanol–water partition coefficient (Wildman–Crippen LogP) is 3.99. The van der Waals surface area contributed by atoms with Crippen molar-refractivity contribution in [2.45, 2.75) is 31.1 Å². The molecule has 0 N–H and O–H groups in total. The van der Waals surface area contributed by atoms with Crippen LogP contribution in [-0.2, 0) is 14.8 Å². The number of aryl methyl sites for hydroxylation is 1.